The summed E-state index contributed by atoms with van der Waals surface area (Å²) in [6.07, 6.45) is 0.908. The Morgan fingerprint density at radius 3 is 2.50 bits per heavy atom. The van der Waals surface area contributed by atoms with E-state index in [9.17, 15) is 4.79 Å². The number of hydrogen-bond donors (Lipinski definition) is 2. The van der Waals surface area contributed by atoms with Crippen LogP contribution in [0.15, 0.2) is 18.2 Å². The van der Waals surface area contributed by atoms with Gasteiger partial charge in [-0.25, -0.2) is 0 Å². The molecule has 18 heavy (non-hydrogen) atoms. The molecule has 2 atom stereocenters. The van der Waals surface area contributed by atoms with E-state index in [1.165, 1.54) is 0 Å². The molecule has 2 unspecified atom stereocenters. The first kappa shape index (κ1) is 15.1. The molecule has 100 valence electrons. The zero-order valence-electron chi connectivity index (χ0n) is 10.8. The lowest BCUT2D eigenvalue weighted by Gasteiger charge is -2.18. The summed E-state index contributed by atoms with van der Waals surface area (Å²) in [7, 11) is 0. The van der Waals surface area contributed by atoms with Gasteiger partial charge in [-0.3, -0.25) is 4.79 Å². The predicted molar refractivity (Wildman–Crippen MR) is 77.4 cm³/mol. The zero-order valence-corrected chi connectivity index (χ0v) is 12.3. The van der Waals surface area contributed by atoms with Gasteiger partial charge < -0.3 is 10.6 Å². The smallest absolute Gasteiger partial charge is 0.242 e. The molecule has 0 aliphatic carbocycles. The third kappa shape index (κ3) is 4.39. The minimum atomic E-state index is -0.323. The molecule has 1 amide bonds. The summed E-state index contributed by atoms with van der Waals surface area (Å²) >= 11 is 11.7. The Balaban J connectivity index is 2.60. The number of carbonyl (C=O) groups is 1. The molecule has 0 radical (unpaired) electrons. The quantitative estimate of drug-likeness (QED) is 0.867. The molecule has 1 rings (SSSR count). The van der Waals surface area contributed by atoms with Crippen LogP contribution in [0, 0.1) is 0 Å². The van der Waals surface area contributed by atoms with Crippen LogP contribution < -0.4 is 10.6 Å². The molecule has 0 spiro atoms. The van der Waals surface area contributed by atoms with Crippen molar-refractivity contribution < 1.29 is 4.79 Å². The van der Waals surface area contributed by atoms with E-state index in [4.69, 9.17) is 23.2 Å². The van der Waals surface area contributed by atoms with Crippen molar-refractivity contribution in [2.75, 3.05) is 5.32 Å². The van der Waals surface area contributed by atoms with Gasteiger partial charge in [-0.2, -0.15) is 0 Å². The van der Waals surface area contributed by atoms with Gasteiger partial charge in [0.25, 0.3) is 0 Å². The fourth-order valence-corrected chi connectivity index (χ4v) is 1.67. The maximum atomic E-state index is 11.8. The second kappa shape index (κ2) is 6.86. The highest BCUT2D eigenvalue weighted by atomic mass is 35.5. The molecule has 0 aromatic heterocycles. The van der Waals surface area contributed by atoms with Gasteiger partial charge in [0.05, 0.1) is 10.0 Å². The van der Waals surface area contributed by atoms with Crippen LogP contribution in [-0.4, -0.2) is 18.0 Å². The van der Waals surface area contributed by atoms with E-state index in [2.05, 4.69) is 10.6 Å². The third-order valence-electron chi connectivity index (χ3n) is 2.70. The molecule has 1 aromatic carbocycles. The minimum Gasteiger partial charge on any atom is -0.374 e. The number of amides is 1. The molecule has 0 heterocycles. The first-order valence-corrected chi connectivity index (χ1v) is 6.71. The number of benzene rings is 1. The van der Waals surface area contributed by atoms with Gasteiger partial charge >= 0.3 is 0 Å². The van der Waals surface area contributed by atoms with Gasteiger partial charge in [-0.15, -0.1) is 0 Å². The first-order chi connectivity index (χ1) is 8.43. The monoisotopic (exact) mass is 288 g/mol. The lowest BCUT2D eigenvalue weighted by Crippen LogP contribution is -2.41. The summed E-state index contributed by atoms with van der Waals surface area (Å²) in [6.45, 7) is 5.81. The van der Waals surface area contributed by atoms with Gasteiger partial charge in [-0.1, -0.05) is 30.1 Å². The maximum absolute atomic E-state index is 11.8. The first-order valence-electron chi connectivity index (χ1n) is 5.96. The lowest BCUT2D eigenvalue weighted by molar-refractivity contribution is -0.122. The molecular weight excluding hydrogens is 271 g/mol. The molecule has 1 aromatic rings. The Hall–Kier alpha value is -0.930. The van der Waals surface area contributed by atoms with Crippen LogP contribution in [0.25, 0.3) is 0 Å². The standard InChI is InChI=1S/C13H18Cl2N2O/c1-4-8(2)16-13(18)9(3)17-10-5-6-11(14)12(15)7-10/h5-9,17H,4H2,1-3H3,(H,16,18). The largest absolute Gasteiger partial charge is 0.374 e. The summed E-state index contributed by atoms with van der Waals surface area (Å²) in [6, 6.07) is 5.05. The maximum Gasteiger partial charge on any atom is 0.242 e. The minimum absolute atomic E-state index is 0.0320. The third-order valence-corrected chi connectivity index (χ3v) is 3.44. The number of carbonyl (C=O) groups excluding carboxylic acids is 1. The molecule has 0 aliphatic heterocycles. The van der Waals surface area contributed by atoms with Crippen LogP contribution in [0.4, 0.5) is 5.69 Å². The van der Waals surface area contributed by atoms with E-state index in [-0.39, 0.29) is 18.0 Å². The van der Waals surface area contributed by atoms with Crippen molar-refractivity contribution in [1.82, 2.24) is 5.32 Å². The fraction of sp³-hybridized carbons (Fsp3) is 0.462. The average molecular weight is 289 g/mol. The van der Waals surface area contributed by atoms with Crippen molar-refractivity contribution in [3.8, 4) is 0 Å². The molecule has 0 fully saturated rings. The van der Waals surface area contributed by atoms with Crippen molar-refractivity contribution in [2.45, 2.75) is 39.3 Å². The Labute approximate surface area is 118 Å². The Bertz CT molecular complexity index is 423. The lowest BCUT2D eigenvalue weighted by atomic mass is 10.2. The number of anilines is 1. The predicted octanol–water partition coefficient (Wildman–Crippen LogP) is 3.71. The molecular formula is C13H18Cl2N2O. The Morgan fingerprint density at radius 1 is 1.28 bits per heavy atom. The Kier molecular flexibility index (Phi) is 5.76. The second-order valence-corrected chi connectivity index (χ2v) is 5.13. The average Bonchev–Trinajstić information content (AvgIpc) is 2.33. The highest BCUT2D eigenvalue weighted by Gasteiger charge is 2.14. The molecule has 3 nitrogen and oxygen atoms in total. The van der Waals surface area contributed by atoms with E-state index >= 15 is 0 Å². The van der Waals surface area contributed by atoms with Crippen molar-refractivity contribution in [3.63, 3.8) is 0 Å². The van der Waals surface area contributed by atoms with Crippen LogP contribution in [0.3, 0.4) is 0 Å². The molecule has 0 saturated carbocycles. The number of nitrogens with one attached hydrogen (secondary N) is 2. The highest BCUT2D eigenvalue weighted by molar-refractivity contribution is 6.42. The summed E-state index contributed by atoms with van der Waals surface area (Å²) in [5.74, 6) is -0.0320. The highest BCUT2D eigenvalue weighted by Crippen LogP contribution is 2.25. The normalized spacial score (nSPS) is 13.8. The van der Waals surface area contributed by atoms with Gasteiger partial charge in [0.2, 0.25) is 5.91 Å². The van der Waals surface area contributed by atoms with Crippen molar-refractivity contribution in [3.05, 3.63) is 28.2 Å². The van der Waals surface area contributed by atoms with Crippen LogP contribution in [0.1, 0.15) is 27.2 Å². The van der Waals surface area contributed by atoms with Crippen molar-refractivity contribution in [1.29, 1.82) is 0 Å². The summed E-state index contributed by atoms with van der Waals surface area (Å²) in [5, 5.41) is 6.97. The fourth-order valence-electron chi connectivity index (χ4n) is 1.37. The molecule has 5 heteroatoms. The molecule has 0 aliphatic rings. The SMILES string of the molecule is CCC(C)NC(=O)C(C)Nc1ccc(Cl)c(Cl)c1. The van der Waals surface area contributed by atoms with E-state index < -0.39 is 0 Å². The van der Waals surface area contributed by atoms with E-state index in [1.807, 2.05) is 13.8 Å². The Morgan fingerprint density at radius 2 is 1.94 bits per heavy atom. The number of halogens is 2. The van der Waals surface area contributed by atoms with Crippen LogP contribution >= 0.6 is 23.2 Å². The van der Waals surface area contributed by atoms with Gasteiger partial charge in [0, 0.05) is 11.7 Å². The van der Waals surface area contributed by atoms with Crippen molar-refractivity contribution in [2.24, 2.45) is 0 Å². The van der Waals surface area contributed by atoms with E-state index in [0.29, 0.717) is 10.0 Å². The van der Waals surface area contributed by atoms with Gasteiger partial charge in [0.1, 0.15) is 6.04 Å². The van der Waals surface area contributed by atoms with Crippen molar-refractivity contribution >= 4 is 34.8 Å². The van der Waals surface area contributed by atoms with Crippen LogP contribution in [0.2, 0.25) is 10.0 Å². The topological polar surface area (TPSA) is 41.1 Å². The van der Waals surface area contributed by atoms with E-state index in [1.54, 1.807) is 25.1 Å². The molecule has 0 saturated heterocycles. The zero-order chi connectivity index (χ0) is 13.7. The van der Waals surface area contributed by atoms with Gasteiger partial charge in [-0.05, 0) is 38.5 Å². The second-order valence-electron chi connectivity index (χ2n) is 4.31. The van der Waals surface area contributed by atoms with Crippen LogP contribution in [-0.2, 0) is 4.79 Å². The summed E-state index contributed by atoms with van der Waals surface area (Å²) in [5.41, 5.74) is 0.774. The van der Waals surface area contributed by atoms with Crippen LogP contribution in [0.5, 0.6) is 0 Å². The molecule has 0 bridgehead atoms. The van der Waals surface area contributed by atoms with E-state index in [0.717, 1.165) is 12.1 Å². The summed E-state index contributed by atoms with van der Waals surface area (Å²) in [4.78, 5) is 11.8. The molecule has 2 N–H and O–H groups in total. The summed E-state index contributed by atoms with van der Waals surface area (Å²) < 4.78 is 0. The number of rotatable bonds is 5. The number of hydrogen-bond acceptors (Lipinski definition) is 2. The van der Waals surface area contributed by atoms with Gasteiger partial charge in [0.15, 0.2) is 0 Å².